The summed E-state index contributed by atoms with van der Waals surface area (Å²) < 4.78 is 55.9. The second-order valence-corrected chi connectivity index (χ2v) is 10.4. The van der Waals surface area contributed by atoms with Gasteiger partial charge in [0.05, 0.1) is 5.56 Å². The number of carbonyl (C=O) groups is 1. The zero-order chi connectivity index (χ0) is 27.6. The van der Waals surface area contributed by atoms with Crippen molar-refractivity contribution >= 4 is 29.4 Å². The van der Waals surface area contributed by atoms with Crippen LogP contribution in [-0.2, 0) is 18.1 Å². The average Bonchev–Trinajstić information content (AvgIpc) is 3.23. The van der Waals surface area contributed by atoms with E-state index in [1.165, 1.54) is 23.2 Å². The van der Waals surface area contributed by atoms with Gasteiger partial charge in [-0.2, -0.15) is 17.6 Å². The molecule has 1 fully saturated rings. The Hall–Kier alpha value is -3.43. The highest BCUT2D eigenvalue weighted by Crippen LogP contribution is 2.51. The maximum Gasteiger partial charge on any atom is 0.416 e. The topological polar surface area (TPSA) is 48.5 Å². The van der Waals surface area contributed by atoms with Crippen molar-refractivity contribution in [3.8, 4) is 0 Å². The summed E-state index contributed by atoms with van der Waals surface area (Å²) in [6.07, 6.45) is 1.76. The molecular weight excluding hydrogens is 532 g/mol. The number of likely N-dealkylation sites (tertiary alicyclic amines) is 1. The van der Waals surface area contributed by atoms with E-state index in [1.807, 2.05) is 36.4 Å². The van der Waals surface area contributed by atoms with Crippen molar-refractivity contribution in [1.29, 1.82) is 0 Å². The van der Waals surface area contributed by atoms with Gasteiger partial charge in [0.1, 0.15) is 0 Å². The first-order valence-corrected chi connectivity index (χ1v) is 13.0. The van der Waals surface area contributed by atoms with Gasteiger partial charge >= 0.3 is 12.2 Å². The summed E-state index contributed by atoms with van der Waals surface area (Å²) in [6, 6.07) is 13.8. The van der Waals surface area contributed by atoms with Crippen molar-refractivity contribution in [1.82, 2.24) is 15.2 Å². The highest BCUT2D eigenvalue weighted by molar-refractivity contribution is 6.30. The molecule has 2 aliphatic rings. The summed E-state index contributed by atoms with van der Waals surface area (Å²) in [5, 5.41) is 3.39. The number of hydrogen-bond donors (Lipinski definition) is 1. The molecule has 1 N–H and O–H groups in total. The van der Waals surface area contributed by atoms with Crippen molar-refractivity contribution in [3.05, 3.63) is 100 Å². The standard InChI is InChI=1S/C29H27ClF4N4O/c30-22-8-6-20(7-9-22)3-2-14-37-15-11-28(12-16-37)19-38(24-5-1-4-23(26(24)28)29(32,33)34)27(39)36-18-21-10-13-35-25(31)17-21/h1-10,13,17H,11-12,14-16,18-19H2,(H,36,39)/b3-2+. The van der Waals surface area contributed by atoms with Gasteiger partial charge in [-0.05, 0) is 79.0 Å². The van der Waals surface area contributed by atoms with E-state index in [2.05, 4.69) is 15.2 Å². The van der Waals surface area contributed by atoms with Crippen molar-refractivity contribution in [2.45, 2.75) is 31.0 Å². The number of hydrogen-bond acceptors (Lipinski definition) is 3. The maximum atomic E-state index is 14.2. The Labute approximate surface area is 229 Å². The molecular formula is C29H27ClF4N4O. The Morgan fingerprint density at radius 3 is 2.54 bits per heavy atom. The van der Waals surface area contributed by atoms with E-state index in [-0.39, 0.29) is 24.3 Å². The van der Waals surface area contributed by atoms with Crippen molar-refractivity contribution < 1.29 is 22.4 Å². The second kappa shape index (κ2) is 11.0. The normalized spacial score (nSPS) is 17.1. The summed E-state index contributed by atoms with van der Waals surface area (Å²) in [7, 11) is 0. The van der Waals surface area contributed by atoms with Crippen LogP contribution in [0.3, 0.4) is 0 Å². The first-order valence-electron chi connectivity index (χ1n) is 12.7. The van der Waals surface area contributed by atoms with Crippen LogP contribution >= 0.6 is 11.6 Å². The second-order valence-electron chi connectivity index (χ2n) is 9.96. The van der Waals surface area contributed by atoms with Crippen LogP contribution in [-0.4, -0.2) is 42.1 Å². The molecule has 5 rings (SSSR count). The number of rotatable bonds is 5. The van der Waals surface area contributed by atoms with Crippen LogP contribution in [0.2, 0.25) is 5.02 Å². The predicted octanol–water partition coefficient (Wildman–Crippen LogP) is 6.67. The molecule has 0 unspecified atom stereocenters. The zero-order valence-corrected chi connectivity index (χ0v) is 21.8. The van der Waals surface area contributed by atoms with Gasteiger partial charge in [-0.15, -0.1) is 0 Å². The predicted molar refractivity (Wildman–Crippen MR) is 143 cm³/mol. The van der Waals surface area contributed by atoms with Gasteiger partial charge in [0.25, 0.3) is 0 Å². The maximum absolute atomic E-state index is 14.2. The number of carbonyl (C=O) groups excluding carboxylic acids is 1. The summed E-state index contributed by atoms with van der Waals surface area (Å²) in [5.41, 5.74) is 0.497. The minimum Gasteiger partial charge on any atom is -0.334 e. The Morgan fingerprint density at radius 2 is 1.85 bits per heavy atom. The lowest BCUT2D eigenvalue weighted by atomic mass is 9.72. The van der Waals surface area contributed by atoms with Crippen LogP contribution in [0.25, 0.3) is 6.08 Å². The molecule has 2 amide bonds. The number of piperidine rings is 1. The van der Waals surface area contributed by atoms with E-state index in [9.17, 15) is 22.4 Å². The fraction of sp³-hybridized carbons (Fsp3) is 0.310. The minimum atomic E-state index is -4.54. The number of nitrogens with one attached hydrogen (secondary N) is 1. The molecule has 39 heavy (non-hydrogen) atoms. The van der Waals surface area contributed by atoms with E-state index < -0.39 is 29.1 Å². The average molecular weight is 559 g/mol. The molecule has 0 aliphatic carbocycles. The van der Waals surface area contributed by atoms with Crippen molar-refractivity contribution in [2.75, 3.05) is 31.1 Å². The smallest absolute Gasteiger partial charge is 0.334 e. The third kappa shape index (κ3) is 5.94. The zero-order valence-electron chi connectivity index (χ0n) is 21.0. The third-order valence-electron chi connectivity index (χ3n) is 7.47. The van der Waals surface area contributed by atoms with Crippen LogP contribution in [0.5, 0.6) is 0 Å². The summed E-state index contributed by atoms with van der Waals surface area (Å²) in [5.74, 6) is -0.670. The molecule has 1 spiro atoms. The molecule has 5 nitrogen and oxygen atoms in total. The minimum absolute atomic E-state index is 0.0315. The number of amides is 2. The molecule has 3 heterocycles. The Bertz CT molecular complexity index is 1370. The number of pyridine rings is 1. The molecule has 0 radical (unpaired) electrons. The SMILES string of the molecule is O=C(NCc1ccnc(F)c1)N1CC2(CCN(C/C=C/c3ccc(Cl)cc3)CC2)c2c1cccc2C(F)(F)F. The fourth-order valence-corrected chi connectivity index (χ4v) is 5.64. The number of halogens is 5. The van der Waals surface area contributed by atoms with Crippen LogP contribution in [0.15, 0.2) is 66.9 Å². The number of urea groups is 1. The molecule has 1 saturated heterocycles. The van der Waals surface area contributed by atoms with Crippen LogP contribution < -0.4 is 10.2 Å². The molecule has 0 bridgehead atoms. The van der Waals surface area contributed by atoms with Crippen LogP contribution in [0, 0.1) is 5.95 Å². The monoisotopic (exact) mass is 558 g/mol. The Morgan fingerprint density at radius 1 is 1.10 bits per heavy atom. The lowest BCUT2D eigenvalue weighted by Gasteiger charge is -2.40. The summed E-state index contributed by atoms with van der Waals surface area (Å²) >= 11 is 5.94. The van der Waals surface area contributed by atoms with Gasteiger partial charge in [0.2, 0.25) is 5.95 Å². The van der Waals surface area contributed by atoms with Crippen molar-refractivity contribution in [3.63, 3.8) is 0 Å². The molecule has 0 saturated carbocycles. The van der Waals surface area contributed by atoms with Gasteiger partial charge in [-0.1, -0.05) is 42.0 Å². The molecule has 10 heteroatoms. The van der Waals surface area contributed by atoms with E-state index in [0.29, 0.717) is 43.1 Å². The largest absolute Gasteiger partial charge is 0.416 e. The molecule has 2 aliphatic heterocycles. The lowest BCUT2D eigenvalue weighted by molar-refractivity contribution is -0.138. The molecule has 0 atom stereocenters. The fourth-order valence-electron chi connectivity index (χ4n) is 5.52. The summed E-state index contributed by atoms with van der Waals surface area (Å²) in [6.45, 7) is 2.05. The highest BCUT2D eigenvalue weighted by atomic mass is 35.5. The molecule has 1 aromatic heterocycles. The van der Waals surface area contributed by atoms with Gasteiger partial charge in [-0.3, -0.25) is 9.80 Å². The van der Waals surface area contributed by atoms with Gasteiger partial charge in [0, 0.05) is 42.0 Å². The number of alkyl halides is 3. The lowest BCUT2D eigenvalue weighted by Crippen LogP contribution is -2.48. The van der Waals surface area contributed by atoms with E-state index in [4.69, 9.17) is 11.6 Å². The van der Waals surface area contributed by atoms with E-state index >= 15 is 0 Å². The van der Waals surface area contributed by atoms with Gasteiger partial charge in [-0.25, -0.2) is 9.78 Å². The van der Waals surface area contributed by atoms with Crippen molar-refractivity contribution in [2.24, 2.45) is 0 Å². The number of benzene rings is 2. The van der Waals surface area contributed by atoms with E-state index in [0.717, 1.165) is 11.6 Å². The summed E-state index contributed by atoms with van der Waals surface area (Å²) in [4.78, 5) is 20.3. The highest BCUT2D eigenvalue weighted by Gasteiger charge is 2.51. The van der Waals surface area contributed by atoms with Crippen LogP contribution in [0.1, 0.15) is 35.1 Å². The number of anilines is 1. The number of nitrogens with zero attached hydrogens (tertiary/aromatic N) is 3. The molecule has 2 aromatic carbocycles. The molecule has 3 aromatic rings. The van der Waals surface area contributed by atoms with Gasteiger partial charge < -0.3 is 5.32 Å². The first kappa shape index (κ1) is 27.1. The Balaban J connectivity index is 1.33. The van der Waals surface area contributed by atoms with E-state index in [1.54, 1.807) is 12.1 Å². The Kier molecular flexibility index (Phi) is 7.64. The number of fused-ring (bicyclic) bond motifs is 2. The number of aromatic nitrogens is 1. The quantitative estimate of drug-likeness (QED) is 0.281. The third-order valence-corrected chi connectivity index (χ3v) is 7.72. The molecule has 204 valence electrons. The van der Waals surface area contributed by atoms with Gasteiger partial charge in [0.15, 0.2) is 0 Å². The first-order chi connectivity index (χ1) is 18.6. The van der Waals surface area contributed by atoms with Crippen LogP contribution in [0.4, 0.5) is 28.0 Å².